The summed E-state index contributed by atoms with van der Waals surface area (Å²) in [6.07, 6.45) is 0. The van der Waals surface area contributed by atoms with Gasteiger partial charge in [-0.05, 0) is 46.4 Å². The first-order valence-corrected chi connectivity index (χ1v) is 5.30. The van der Waals surface area contributed by atoms with E-state index in [-0.39, 0.29) is 6.04 Å². The van der Waals surface area contributed by atoms with Crippen molar-refractivity contribution in [3.05, 3.63) is 32.4 Å². The van der Waals surface area contributed by atoms with Gasteiger partial charge in [0.25, 0.3) is 0 Å². The van der Waals surface area contributed by atoms with Crippen molar-refractivity contribution in [1.29, 1.82) is 0 Å². The van der Waals surface area contributed by atoms with Gasteiger partial charge in [0, 0.05) is 15.7 Å². The van der Waals surface area contributed by atoms with Gasteiger partial charge in [0.15, 0.2) is 0 Å². The molecule has 0 amide bonds. The Kier molecular flexibility index (Phi) is 4.45. The number of methoxy groups -OCH3 is 1. The van der Waals surface area contributed by atoms with Crippen molar-refractivity contribution in [1.82, 2.24) is 0 Å². The Hall–Kier alpha value is 0.160. The van der Waals surface area contributed by atoms with E-state index >= 15 is 0 Å². The first kappa shape index (κ1) is 11.2. The zero-order valence-corrected chi connectivity index (χ0v) is 10.2. The van der Waals surface area contributed by atoms with E-state index in [9.17, 15) is 0 Å². The summed E-state index contributed by atoms with van der Waals surface area (Å²) in [5, 5.41) is 0.710. The zero-order valence-electron chi connectivity index (χ0n) is 7.26. The summed E-state index contributed by atoms with van der Waals surface area (Å²) in [4.78, 5) is 0. The van der Waals surface area contributed by atoms with E-state index < -0.39 is 0 Å². The summed E-state index contributed by atoms with van der Waals surface area (Å²) in [6.45, 7) is 0.510. The summed E-state index contributed by atoms with van der Waals surface area (Å²) in [5.41, 5.74) is 6.92. The number of hydrogen-bond donors (Lipinski definition) is 1. The lowest BCUT2D eigenvalue weighted by molar-refractivity contribution is 0.180. The molecule has 2 N–H and O–H groups in total. The molecule has 4 heteroatoms. The van der Waals surface area contributed by atoms with Crippen LogP contribution in [-0.2, 0) is 4.74 Å². The largest absolute Gasteiger partial charge is 0.383 e. The van der Waals surface area contributed by atoms with Gasteiger partial charge in [-0.3, -0.25) is 0 Å². The normalized spacial score (nSPS) is 12.9. The second-order valence-electron chi connectivity index (χ2n) is 2.73. The van der Waals surface area contributed by atoms with Crippen molar-refractivity contribution in [2.24, 2.45) is 5.73 Å². The van der Waals surface area contributed by atoms with Crippen molar-refractivity contribution < 1.29 is 4.74 Å². The molecule has 0 aliphatic heterocycles. The van der Waals surface area contributed by atoms with Crippen LogP contribution in [-0.4, -0.2) is 13.7 Å². The number of halogens is 2. The van der Waals surface area contributed by atoms with E-state index in [0.29, 0.717) is 11.6 Å². The SMILES string of the molecule is COC[C@@H](N)c1cc(Cl)ccc1I. The first-order chi connectivity index (χ1) is 6.15. The van der Waals surface area contributed by atoms with Crippen molar-refractivity contribution in [3.63, 3.8) is 0 Å². The van der Waals surface area contributed by atoms with Crippen molar-refractivity contribution in [3.8, 4) is 0 Å². The van der Waals surface area contributed by atoms with Gasteiger partial charge in [-0.1, -0.05) is 11.6 Å². The summed E-state index contributed by atoms with van der Waals surface area (Å²) in [5.74, 6) is 0. The van der Waals surface area contributed by atoms with Crippen LogP contribution < -0.4 is 5.73 Å². The summed E-state index contributed by atoms with van der Waals surface area (Å²) in [6, 6.07) is 5.59. The standard InChI is InChI=1S/C9H11ClINO/c1-13-5-9(12)7-4-6(10)2-3-8(7)11/h2-4,9H,5,12H2,1H3/t9-/m1/s1. The maximum absolute atomic E-state index is 5.89. The van der Waals surface area contributed by atoms with Crippen LogP contribution in [0.25, 0.3) is 0 Å². The van der Waals surface area contributed by atoms with E-state index in [1.54, 1.807) is 7.11 Å². The average molecular weight is 312 g/mol. The monoisotopic (exact) mass is 311 g/mol. The number of rotatable bonds is 3. The number of ether oxygens (including phenoxy) is 1. The second-order valence-corrected chi connectivity index (χ2v) is 4.33. The molecule has 0 aliphatic carbocycles. The molecule has 0 saturated carbocycles. The third-order valence-corrected chi connectivity index (χ3v) is 2.92. The quantitative estimate of drug-likeness (QED) is 0.871. The predicted molar refractivity (Wildman–Crippen MR) is 63.0 cm³/mol. The lowest BCUT2D eigenvalue weighted by Crippen LogP contribution is -2.17. The molecule has 0 aliphatic rings. The van der Waals surface area contributed by atoms with Crippen LogP contribution in [0.15, 0.2) is 18.2 Å². The van der Waals surface area contributed by atoms with Gasteiger partial charge in [0.1, 0.15) is 0 Å². The molecule has 1 atom stereocenters. The molecule has 0 saturated heterocycles. The Labute approximate surface area is 96.5 Å². The topological polar surface area (TPSA) is 35.2 Å². The molecular formula is C9H11ClINO. The summed E-state index contributed by atoms with van der Waals surface area (Å²) >= 11 is 8.10. The fraction of sp³-hybridized carbons (Fsp3) is 0.333. The molecule has 2 nitrogen and oxygen atoms in total. The summed E-state index contributed by atoms with van der Waals surface area (Å²) in [7, 11) is 1.64. The average Bonchev–Trinajstić information content (AvgIpc) is 2.09. The molecule has 0 radical (unpaired) electrons. The first-order valence-electron chi connectivity index (χ1n) is 3.84. The van der Waals surface area contributed by atoms with Crippen molar-refractivity contribution in [2.45, 2.75) is 6.04 Å². The Morgan fingerprint density at radius 3 is 2.92 bits per heavy atom. The minimum Gasteiger partial charge on any atom is -0.383 e. The zero-order chi connectivity index (χ0) is 9.84. The Bertz CT molecular complexity index is 293. The maximum atomic E-state index is 5.89. The van der Waals surface area contributed by atoms with Crippen LogP contribution in [0.5, 0.6) is 0 Å². The number of hydrogen-bond acceptors (Lipinski definition) is 2. The lowest BCUT2D eigenvalue weighted by Gasteiger charge is -2.12. The van der Waals surface area contributed by atoms with Crippen LogP contribution in [0.1, 0.15) is 11.6 Å². The molecule has 13 heavy (non-hydrogen) atoms. The van der Waals surface area contributed by atoms with E-state index in [1.807, 2.05) is 18.2 Å². The molecule has 1 aromatic carbocycles. The van der Waals surface area contributed by atoms with Crippen LogP contribution in [0.4, 0.5) is 0 Å². The molecule has 0 aromatic heterocycles. The molecule has 0 spiro atoms. The third kappa shape index (κ3) is 3.09. The molecule has 0 bridgehead atoms. The van der Waals surface area contributed by atoms with Gasteiger partial charge in [0.05, 0.1) is 12.6 Å². The van der Waals surface area contributed by atoms with E-state index in [0.717, 1.165) is 9.13 Å². The molecule has 0 unspecified atom stereocenters. The highest BCUT2D eigenvalue weighted by Gasteiger charge is 2.09. The number of benzene rings is 1. The molecule has 72 valence electrons. The van der Waals surface area contributed by atoms with Crippen LogP contribution in [0.2, 0.25) is 5.02 Å². The van der Waals surface area contributed by atoms with E-state index in [2.05, 4.69) is 22.6 Å². The minimum atomic E-state index is -0.101. The van der Waals surface area contributed by atoms with Gasteiger partial charge in [-0.2, -0.15) is 0 Å². The molecule has 0 heterocycles. The minimum absolute atomic E-state index is 0.101. The van der Waals surface area contributed by atoms with Gasteiger partial charge in [-0.15, -0.1) is 0 Å². The predicted octanol–water partition coefficient (Wildman–Crippen LogP) is 2.59. The van der Waals surface area contributed by atoms with Crippen LogP contribution >= 0.6 is 34.2 Å². The molecular weight excluding hydrogens is 300 g/mol. The van der Waals surface area contributed by atoms with Crippen LogP contribution in [0, 0.1) is 3.57 Å². The van der Waals surface area contributed by atoms with E-state index in [1.165, 1.54) is 0 Å². The van der Waals surface area contributed by atoms with Crippen molar-refractivity contribution >= 4 is 34.2 Å². The number of nitrogens with two attached hydrogens (primary N) is 1. The highest BCUT2D eigenvalue weighted by Crippen LogP contribution is 2.22. The third-order valence-electron chi connectivity index (χ3n) is 1.70. The smallest absolute Gasteiger partial charge is 0.0655 e. The highest BCUT2D eigenvalue weighted by atomic mass is 127. The fourth-order valence-electron chi connectivity index (χ4n) is 1.07. The second kappa shape index (κ2) is 5.14. The highest BCUT2D eigenvalue weighted by molar-refractivity contribution is 14.1. The van der Waals surface area contributed by atoms with Crippen molar-refractivity contribution in [2.75, 3.05) is 13.7 Å². The maximum Gasteiger partial charge on any atom is 0.0655 e. The Morgan fingerprint density at radius 1 is 1.62 bits per heavy atom. The fourth-order valence-corrected chi connectivity index (χ4v) is 1.98. The molecule has 0 fully saturated rings. The Balaban J connectivity index is 2.91. The van der Waals surface area contributed by atoms with Gasteiger partial charge < -0.3 is 10.5 Å². The van der Waals surface area contributed by atoms with Crippen LogP contribution in [0.3, 0.4) is 0 Å². The lowest BCUT2D eigenvalue weighted by atomic mass is 10.1. The Morgan fingerprint density at radius 2 is 2.31 bits per heavy atom. The van der Waals surface area contributed by atoms with Gasteiger partial charge >= 0.3 is 0 Å². The molecule has 1 rings (SSSR count). The summed E-state index contributed by atoms with van der Waals surface area (Å²) < 4.78 is 6.10. The van der Waals surface area contributed by atoms with Gasteiger partial charge in [0.2, 0.25) is 0 Å². The molecule has 1 aromatic rings. The van der Waals surface area contributed by atoms with Gasteiger partial charge in [-0.25, -0.2) is 0 Å². The van der Waals surface area contributed by atoms with E-state index in [4.69, 9.17) is 22.1 Å².